The molecule has 3 aromatic heterocycles. The summed E-state index contributed by atoms with van der Waals surface area (Å²) >= 11 is 0. The molecule has 0 bridgehead atoms. The molecule has 4 rings (SSSR count). The summed E-state index contributed by atoms with van der Waals surface area (Å²) in [6, 6.07) is 7.46. The summed E-state index contributed by atoms with van der Waals surface area (Å²) < 4.78 is 24.7. The van der Waals surface area contributed by atoms with Crippen LogP contribution in [0.3, 0.4) is 0 Å². The summed E-state index contributed by atoms with van der Waals surface area (Å²) in [5.74, 6) is 1.65. The number of rotatable bonds is 10. The second-order valence-electron chi connectivity index (χ2n) is 6.91. The van der Waals surface area contributed by atoms with Gasteiger partial charge in [-0.3, -0.25) is 4.68 Å². The zero-order valence-corrected chi connectivity index (χ0v) is 18.6. The topological polar surface area (TPSA) is 115 Å². The number of nitrogens with zero attached hydrogens (tertiary/aromatic N) is 6. The molecule has 0 spiro atoms. The fourth-order valence-corrected chi connectivity index (χ4v) is 3.22. The Morgan fingerprint density at radius 3 is 2.70 bits per heavy atom. The van der Waals surface area contributed by atoms with E-state index in [4.69, 9.17) is 18.9 Å². The maximum atomic E-state index is 11.9. The highest BCUT2D eigenvalue weighted by Gasteiger charge is 2.17. The van der Waals surface area contributed by atoms with E-state index < -0.39 is 5.97 Å². The minimum absolute atomic E-state index is 0.260. The fourth-order valence-electron chi connectivity index (χ4n) is 3.22. The van der Waals surface area contributed by atoms with Crippen LogP contribution in [-0.2, 0) is 11.3 Å². The van der Waals surface area contributed by atoms with E-state index in [2.05, 4.69) is 20.2 Å². The van der Waals surface area contributed by atoms with Gasteiger partial charge in [0.25, 0.3) is 5.95 Å². The molecule has 0 radical (unpaired) electrons. The van der Waals surface area contributed by atoms with E-state index >= 15 is 0 Å². The van der Waals surface area contributed by atoms with Gasteiger partial charge in [-0.2, -0.15) is 15.2 Å². The van der Waals surface area contributed by atoms with Gasteiger partial charge in [0, 0.05) is 25.2 Å². The zero-order valence-electron chi connectivity index (χ0n) is 18.6. The van der Waals surface area contributed by atoms with E-state index in [0.717, 1.165) is 11.5 Å². The van der Waals surface area contributed by atoms with Gasteiger partial charge in [0.2, 0.25) is 5.88 Å². The molecule has 0 aliphatic heterocycles. The van der Waals surface area contributed by atoms with Crippen molar-refractivity contribution in [3.05, 3.63) is 48.4 Å². The highest BCUT2D eigenvalue weighted by atomic mass is 16.5. The highest BCUT2D eigenvalue weighted by Crippen LogP contribution is 2.24. The Morgan fingerprint density at radius 1 is 1.06 bits per heavy atom. The van der Waals surface area contributed by atoms with Gasteiger partial charge in [-0.1, -0.05) is 6.07 Å². The van der Waals surface area contributed by atoms with Crippen LogP contribution in [-0.4, -0.2) is 62.9 Å². The van der Waals surface area contributed by atoms with E-state index in [0.29, 0.717) is 42.0 Å². The molecule has 0 saturated carbocycles. The van der Waals surface area contributed by atoms with Crippen LogP contribution in [0.2, 0.25) is 0 Å². The number of hydrogen-bond donors (Lipinski definition) is 0. The average molecular weight is 452 g/mol. The molecule has 172 valence electrons. The zero-order chi connectivity index (χ0) is 23.2. The van der Waals surface area contributed by atoms with Crippen molar-refractivity contribution in [2.45, 2.75) is 19.9 Å². The third-order valence-electron chi connectivity index (χ3n) is 4.76. The number of aryl methyl sites for hydroxylation is 1. The summed E-state index contributed by atoms with van der Waals surface area (Å²) in [7, 11) is 3.15. The Bertz CT molecular complexity index is 1250. The van der Waals surface area contributed by atoms with Crippen molar-refractivity contribution in [1.29, 1.82) is 0 Å². The van der Waals surface area contributed by atoms with Crippen LogP contribution in [0.1, 0.15) is 23.7 Å². The molecule has 11 nitrogen and oxygen atoms in total. The van der Waals surface area contributed by atoms with Crippen molar-refractivity contribution in [3.63, 3.8) is 0 Å². The van der Waals surface area contributed by atoms with E-state index in [1.807, 2.05) is 24.3 Å². The van der Waals surface area contributed by atoms with E-state index in [9.17, 15) is 4.79 Å². The lowest BCUT2D eigenvalue weighted by Crippen LogP contribution is -2.08. The SMILES string of the molecule is CCOC(=O)c1cnn(-c2nc(OC)c3c(cnn3CCCOc3cccc(OC)c3)n2)c1. The van der Waals surface area contributed by atoms with Gasteiger partial charge in [0.05, 0.1) is 45.4 Å². The van der Waals surface area contributed by atoms with Gasteiger partial charge in [-0.15, -0.1) is 0 Å². The van der Waals surface area contributed by atoms with E-state index in [1.165, 1.54) is 24.2 Å². The lowest BCUT2D eigenvalue weighted by molar-refractivity contribution is 0.0526. The van der Waals surface area contributed by atoms with Crippen molar-refractivity contribution < 1.29 is 23.7 Å². The molecular weight excluding hydrogens is 428 g/mol. The fraction of sp³-hybridized carbons (Fsp3) is 0.318. The van der Waals surface area contributed by atoms with Crippen LogP contribution in [0.15, 0.2) is 42.9 Å². The molecule has 0 saturated heterocycles. The molecule has 0 aliphatic carbocycles. The number of carbonyl (C=O) groups is 1. The first kappa shape index (κ1) is 22.1. The molecule has 0 fully saturated rings. The van der Waals surface area contributed by atoms with Gasteiger partial charge >= 0.3 is 5.97 Å². The van der Waals surface area contributed by atoms with Gasteiger partial charge in [0.1, 0.15) is 22.5 Å². The van der Waals surface area contributed by atoms with Crippen molar-refractivity contribution in [2.75, 3.05) is 27.4 Å². The Hall–Kier alpha value is -4.15. The summed E-state index contributed by atoms with van der Waals surface area (Å²) in [5, 5.41) is 8.59. The first-order valence-electron chi connectivity index (χ1n) is 10.4. The molecular formula is C22H24N6O5. The maximum absolute atomic E-state index is 11.9. The van der Waals surface area contributed by atoms with Gasteiger partial charge in [-0.05, 0) is 19.1 Å². The first-order valence-corrected chi connectivity index (χ1v) is 10.4. The Labute approximate surface area is 189 Å². The van der Waals surface area contributed by atoms with Gasteiger partial charge in [0.15, 0.2) is 0 Å². The lowest BCUT2D eigenvalue weighted by atomic mass is 10.3. The second kappa shape index (κ2) is 9.98. The second-order valence-corrected chi connectivity index (χ2v) is 6.91. The highest BCUT2D eigenvalue weighted by molar-refractivity contribution is 5.88. The summed E-state index contributed by atoms with van der Waals surface area (Å²) in [6.45, 7) is 3.11. The molecule has 11 heteroatoms. The van der Waals surface area contributed by atoms with Crippen molar-refractivity contribution >= 4 is 17.0 Å². The number of methoxy groups -OCH3 is 2. The minimum Gasteiger partial charge on any atom is -0.497 e. The normalized spacial score (nSPS) is 10.9. The number of ether oxygens (including phenoxy) is 4. The quantitative estimate of drug-likeness (QED) is 0.264. The van der Waals surface area contributed by atoms with Crippen molar-refractivity contribution in [2.24, 2.45) is 0 Å². The molecule has 0 unspecified atom stereocenters. The predicted molar refractivity (Wildman–Crippen MR) is 118 cm³/mol. The van der Waals surface area contributed by atoms with Crippen LogP contribution in [0, 0.1) is 0 Å². The summed E-state index contributed by atoms with van der Waals surface area (Å²) in [4.78, 5) is 20.9. The number of aromatic nitrogens is 6. The molecule has 0 amide bonds. The number of hydrogen-bond acceptors (Lipinski definition) is 9. The number of carbonyl (C=O) groups excluding carboxylic acids is 1. The Morgan fingerprint density at radius 2 is 1.91 bits per heavy atom. The van der Waals surface area contributed by atoms with E-state index in [1.54, 1.807) is 24.9 Å². The number of fused-ring (bicyclic) bond motifs is 1. The predicted octanol–water partition coefficient (Wildman–Crippen LogP) is 2.68. The van der Waals surface area contributed by atoms with Crippen LogP contribution in [0.4, 0.5) is 0 Å². The monoisotopic (exact) mass is 452 g/mol. The number of benzene rings is 1. The van der Waals surface area contributed by atoms with Crippen LogP contribution < -0.4 is 14.2 Å². The smallest absolute Gasteiger partial charge is 0.341 e. The van der Waals surface area contributed by atoms with Gasteiger partial charge < -0.3 is 18.9 Å². The molecule has 0 aliphatic rings. The van der Waals surface area contributed by atoms with Crippen LogP contribution >= 0.6 is 0 Å². The molecule has 3 heterocycles. The van der Waals surface area contributed by atoms with Crippen LogP contribution in [0.25, 0.3) is 17.0 Å². The standard InChI is InChI=1S/C22H24N6O5/c1-4-32-21(29)15-12-23-28(14-15)22-25-18-13-24-27(19(18)20(26-22)31-3)9-6-10-33-17-8-5-7-16(11-17)30-2/h5,7-8,11-14H,4,6,9-10H2,1-3H3. The van der Waals surface area contributed by atoms with E-state index in [-0.39, 0.29) is 12.6 Å². The third kappa shape index (κ3) is 4.86. The minimum atomic E-state index is -0.458. The molecule has 0 atom stereocenters. The summed E-state index contributed by atoms with van der Waals surface area (Å²) in [5.41, 5.74) is 1.57. The maximum Gasteiger partial charge on any atom is 0.341 e. The summed E-state index contributed by atoms with van der Waals surface area (Å²) in [6.07, 6.45) is 5.27. The molecule has 0 N–H and O–H groups in total. The third-order valence-corrected chi connectivity index (χ3v) is 4.76. The average Bonchev–Trinajstić information content (AvgIpc) is 3.49. The Balaban J connectivity index is 1.48. The lowest BCUT2D eigenvalue weighted by Gasteiger charge is -2.10. The number of esters is 1. The Kier molecular flexibility index (Phi) is 6.67. The molecule has 33 heavy (non-hydrogen) atoms. The van der Waals surface area contributed by atoms with Crippen molar-refractivity contribution in [3.8, 4) is 23.3 Å². The molecule has 4 aromatic rings. The van der Waals surface area contributed by atoms with Crippen molar-refractivity contribution in [1.82, 2.24) is 29.5 Å². The molecule has 1 aromatic carbocycles. The van der Waals surface area contributed by atoms with Crippen LogP contribution in [0.5, 0.6) is 17.4 Å². The first-order chi connectivity index (χ1) is 16.1. The largest absolute Gasteiger partial charge is 0.497 e. The van der Waals surface area contributed by atoms with Gasteiger partial charge in [-0.25, -0.2) is 14.5 Å².